The van der Waals surface area contributed by atoms with E-state index in [0.717, 1.165) is 72.6 Å². The molecule has 7 rings (SSSR count). The quantitative estimate of drug-likeness (QED) is 0.152. The fraction of sp³-hybridized carbons (Fsp3) is 0.438. The zero-order chi connectivity index (χ0) is 49.0. The summed E-state index contributed by atoms with van der Waals surface area (Å²) in [4.78, 5) is 0. The molecule has 0 N–H and O–H groups in total. The van der Waals surface area contributed by atoms with Gasteiger partial charge in [-0.3, -0.25) is 0 Å². The first-order chi connectivity index (χ1) is 32.1. The van der Waals surface area contributed by atoms with Crippen LogP contribution in [-0.4, -0.2) is 14.2 Å². The van der Waals surface area contributed by atoms with E-state index in [4.69, 9.17) is 18.9 Å². The van der Waals surface area contributed by atoms with Crippen LogP contribution in [0.5, 0.6) is 23.0 Å². The second-order valence-corrected chi connectivity index (χ2v) is 23.5. The highest BCUT2D eigenvalue weighted by Gasteiger charge is 2.27. The Morgan fingerprint density at radius 3 is 0.853 bits per heavy atom. The molecule has 0 amide bonds. The summed E-state index contributed by atoms with van der Waals surface area (Å²) in [6, 6.07) is 40.5. The Labute approximate surface area is 410 Å². The minimum Gasteiger partial charge on any atom is -0.496 e. The van der Waals surface area contributed by atoms with Crippen LogP contribution in [-0.2, 0) is 73.4 Å². The largest absolute Gasteiger partial charge is 0.496 e. The van der Waals surface area contributed by atoms with Gasteiger partial charge in [-0.15, -0.1) is 0 Å². The predicted octanol–water partition coefficient (Wildman–Crippen LogP) is 15.9. The minimum atomic E-state index is -0.0735. The van der Waals surface area contributed by atoms with Gasteiger partial charge in [0.15, 0.2) is 0 Å². The monoisotopic (exact) mass is 913 g/mol. The standard InChI is InChI=1S/C64H80O4/c1-61(2,3)53-33-45-27-21-28-46-34-54(62(4,5)6)38-50(58(46)66-14)32-52-40-56(64(10,11)12)36-48(60(52)68-42-44-25-19-16-20-26-44)30-22-29-47-35-55(63(7,8)9)39-51(31-49(37-53)57(45)65-13)59(47)67-41-43-23-17-15-18-24-43/h15-20,23-26,33-40H,21-22,27-32,41-42H2,1-14H3. The molecule has 0 saturated heterocycles. The van der Waals surface area contributed by atoms with Crippen LogP contribution in [0.1, 0.15) is 174 Å². The maximum absolute atomic E-state index is 7.10. The molecule has 68 heavy (non-hydrogen) atoms. The lowest BCUT2D eigenvalue weighted by atomic mass is 9.80. The Hall–Kier alpha value is -5.48. The zero-order valence-electron chi connectivity index (χ0n) is 44.1. The Morgan fingerprint density at radius 1 is 0.338 bits per heavy atom. The van der Waals surface area contributed by atoms with Crippen molar-refractivity contribution in [2.45, 2.75) is 169 Å². The van der Waals surface area contributed by atoms with Gasteiger partial charge in [-0.1, -0.05) is 192 Å². The van der Waals surface area contributed by atoms with Crippen molar-refractivity contribution in [3.63, 3.8) is 0 Å². The number of hydrogen-bond donors (Lipinski definition) is 0. The van der Waals surface area contributed by atoms with Gasteiger partial charge in [0.05, 0.1) is 14.2 Å². The van der Waals surface area contributed by atoms with Crippen molar-refractivity contribution < 1.29 is 18.9 Å². The molecule has 0 aromatic heterocycles. The van der Waals surface area contributed by atoms with E-state index in [9.17, 15) is 0 Å². The molecule has 6 aromatic rings. The van der Waals surface area contributed by atoms with Crippen LogP contribution in [0.15, 0.2) is 109 Å². The number of methoxy groups -OCH3 is 2. The second-order valence-electron chi connectivity index (χ2n) is 23.5. The van der Waals surface area contributed by atoms with Gasteiger partial charge in [-0.25, -0.2) is 0 Å². The molecule has 0 fully saturated rings. The van der Waals surface area contributed by atoms with Crippen LogP contribution in [0.25, 0.3) is 0 Å². The van der Waals surface area contributed by atoms with E-state index in [0.29, 0.717) is 26.1 Å². The van der Waals surface area contributed by atoms with E-state index < -0.39 is 0 Å². The fourth-order valence-corrected chi connectivity index (χ4v) is 9.72. The SMILES string of the molecule is COc1c2cc(C(C)(C)C)cc1Cc1cc(C(C)(C)C)cc(c1OCc1ccccc1)CCCc1cc(C(C)(C)C)cc(c1OCc1ccccc1)Cc1cc(C(C)(C)C)cc(c1OC)CCC2. The Morgan fingerprint density at radius 2 is 0.588 bits per heavy atom. The van der Waals surface area contributed by atoms with E-state index in [-0.39, 0.29) is 21.7 Å². The zero-order valence-corrected chi connectivity index (χ0v) is 44.1. The molecule has 6 aromatic carbocycles. The summed E-state index contributed by atoms with van der Waals surface area (Å²) in [7, 11) is 3.70. The molecular formula is C64H80O4. The third-order valence-electron chi connectivity index (χ3n) is 13.8. The first kappa shape index (κ1) is 50.4. The van der Waals surface area contributed by atoms with Gasteiger partial charge in [-0.2, -0.15) is 0 Å². The van der Waals surface area contributed by atoms with Crippen molar-refractivity contribution in [3.05, 3.63) is 187 Å². The number of aryl methyl sites for hydroxylation is 4. The lowest BCUT2D eigenvalue weighted by Crippen LogP contribution is -2.16. The predicted molar refractivity (Wildman–Crippen MR) is 285 cm³/mol. The molecule has 0 atom stereocenters. The highest BCUT2D eigenvalue weighted by Crippen LogP contribution is 2.42. The van der Waals surface area contributed by atoms with Crippen LogP contribution in [0.3, 0.4) is 0 Å². The molecule has 0 spiro atoms. The number of fused-ring (bicyclic) bond motifs is 8. The van der Waals surface area contributed by atoms with Crippen molar-refractivity contribution in [1.29, 1.82) is 0 Å². The van der Waals surface area contributed by atoms with Gasteiger partial charge in [-0.05, 0) is 138 Å². The summed E-state index contributed by atoms with van der Waals surface area (Å²) in [5.74, 6) is 3.95. The van der Waals surface area contributed by atoms with Crippen LogP contribution in [0.2, 0.25) is 0 Å². The van der Waals surface area contributed by atoms with Crippen LogP contribution in [0, 0.1) is 0 Å². The highest BCUT2D eigenvalue weighted by atomic mass is 16.5. The van der Waals surface area contributed by atoms with Crippen LogP contribution in [0.4, 0.5) is 0 Å². The first-order valence-corrected chi connectivity index (χ1v) is 25.2. The van der Waals surface area contributed by atoms with E-state index in [1.54, 1.807) is 0 Å². The van der Waals surface area contributed by atoms with Gasteiger partial charge < -0.3 is 18.9 Å². The molecule has 1 aliphatic rings. The van der Waals surface area contributed by atoms with Crippen LogP contribution < -0.4 is 18.9 Å². The molecule has 8 bridgehead atoms. The summed E-state index contributed by atoms with van der Waals surface area (Å²) in [6.45, 7) is 28.9. The third-order valence-corrected chi connectivity index (χ3v) is 13.8. The second kappa shape index (κ2) is 20.6. The molecule has 0 unspecified atom stereocenters. The Kier molecular flexibility index (Phi) is 15.3. The average Bonchev–Trinajstić information content (AvgIpc) is 3.27. The van der Waals surface area contributed by atoms with Gasteiger partial charge in [0, 0.05) is 12.8 Å². The van der Waals surface area contributed by atoms with Gasteiger partial charge >= 0.3 is 0 Å². The molecule has 0 radical (unpaired) electrons. The van der Waals surface area contributed by atoms with Crippen molar-refractivity contribution >= 4 is 0 Å². The maximum Gasteiger partial charge on any atom is 0.126 e. The smallest absolute Gasteiger partial charge is 0.126 e. The van der Waals surface area contributed by atoms with E-state index in [1.807, 2.05) is 14.2 Å². The highest BCUT2D eigenvalue weighted by molar-refractivity contribution is 5.56. The summed E-state index contributed by atoms with van der Waals surface area (Å²) >= 11 is 0. The summed E-state index contributed by atoms with van der Waals surface area (Å²) in [5, 5.41) is 0. The number of benzene rings is 6. The summed E-state index contributed by atoms with van der Waals surface area (Å²) in [6.07, 6.45) is 6.70. The van der Waals surface area contributed by atoms with Gasteiger partial charge in [0.2, 0.25) is 0 Å². The molecule has 1 aliphatic carbocycles. The lowest BCUT2D eigenvalue weighted by Gasteiger charge is -2.27. The number of ether oxygens (including phenoxy) is 4. The topological polar surface area (TPSA) is 36.9 Å². The summed E-state index contributed by atoms with van der Waals surface area (Å²) < 4.78 is 27.2. The van der Waals surface area contributed by atoms with Crippen molar-refractivity contribution in [2.24, 2.45) is 0 Å². The van der Waals surface area contributed by atoms with Crippen molar-refractivity contribution in [1.82, 2.24) is 0 Å². The Bertz CT molecular complexity index is 2480. The third kappa shape index (κ3) is 12.2. The minimum absolute atomic E-state index is 0.0554. The van der Waals surface area contributed by atoms with E-state index in [1.165, 1.54) is 66.8 Å². The molecular weight excluding hydrogens is 833 g/mol. The number of hydrogen-bond acceptors (Lipinski definition) is 4. The molecule has 4 heteroatoms. The fourth-order valence-electron chi connectivity index (χ4n) is 9.72. The molecule has 0 aliphatic heterocycles. The van der Waals surface area contributed by atoms with E-state index in [2.05, 4.69) is 192 Å². The van der Waals surface area contributed by atoms with E-state index >= 15 is 0 Å². The molecule has 0 heterocycles. The number of rotatable bonds is 8. The normalized spacial score (nSPS) is 14.0. The first-order valence-electron chi connectivity index (χ1n) is 25.2. The molecule has 0 saturated carbocycles. The molecule has 360 valence electrons. The average molecular weight is 913 g/mol. The lowest BCUT2D eigenvalue weighted by molar-refractivity contribution is 0.298. The van der Waals surface area contributed by atoms with Gasteiger partial charge in [0.1, 0.15) is 36.2 Å². The van der Waals surface area contributed by atoms with Gasteiger partial charge in [0.25, 0.3) is 0 Å². The maximum atomic E-state index is 7.10. The molecule has 4 nitrogen and oxygen atoms in total. The van der Waals surface area contributed by atoms with Crippen molar-refractivity contribution in [2.75, 3.05) is 14.2 Å². The summed E-state index contributed by atoms with van der Waals surface area (Å²) in [5.41, 5.74) is 17.1. The van der Waals surface area contributed by atoms with Crippen molar-refractivity contribution in [3.8, 4) is 23.0 Å². The Balaban J connectivity index is 1.47. The van der Waals surface area contributed by atoms with Crippen LogP contribution >= 0.6 is 0 Å².